The molecule has 0 amide bonds. The SMILES string of the molecule is CCCCn1ccc(=O)c([O][In]([O]c2c(C)n(CCCC)ccc2=O)[O]c2c(C)n(CCCC)ccc2=O)c1C. The van der Waals surface area contributed by atoms with Gasteiger partial charge in [0, 0.05) is 0 Å². The average molecular weight is 655 g/mol. The van der Waals surface area contributed by atoms with Crippen LogP contribution in [0.3, 0.4) is 0 Å². The van der Waals surface area contributed by atoms with Gasteiger partial charge in [0.05, 0.1) is 0 Å². The Kier molecular flexibility index (Phi) is 12.0. The van der Waals surface area contributed by atoms with Gasteiger partial charge < -0.3 is 0 Å². The molecule has 0 aromatic carbocycles. The summed E-state index contributed by atoms with van der Waals surface area (Å²) in [6.07, 6.45) is 11.1. The van der Waals surface area contributed by atoms with Gasteiger partial charge in [0.2, 0.25) is 0 Å². The first-order valence-corrected chi connectivity index (χ1v) is 18.3. The maximum atomic E-state index is 13.0. The summed E-state index contributed by atoms with van der Waals surface area (Å²) in [5.41, 5.74) is 1.08. The van der Waals surface area contributed by atoms with Crippen LogP contribution in [0.15, 0.2) is 51.2 Å². The van der Waals surface area contributed by atoms with Gasteiger partial charge >= 0.3 is 247 Å². The van der Waals surface area contributed by atoms with Gasteiger partial charge in [-0.2, -0.15) is 0 Å². The Labute approximate surface area is 245 Å². The minimum absolute atomic E-state index is 0.138. The van der Waals surface area contributed by atoms with Crippen LogP contribution in [0.25, 0.3) is 0 Å². The zero-order valence-electron chi connectivity index (χ0n) is 24.7. The summed E-state index contributed by atoms with van der Waals surface area (Å²) < 4.78 is 24.8. The quantitative estimate of drug-likeness (QED) is 0.229. The van der Waals surface area contributed by atoms with Crippen molar-refractivity contribution < 1.29 is 8.56 Å². The van der Waals surface area contributed by atoms with E-state index in [1.54, 1.807) is 18.6 Å². The van der Waals surface area contributed by atoms with Crippen LogP contribution >= 0.6 is 0 Å². The fourth-order valence-electron chi connectivity index (χ4n) is 4.46. The normalized spacial score (nSPS) is 10.9. The van der Waals surface area contributed by atoms with Crippen LogP contribution in [0.4, 0.5) is 0 Å². The fourth-order valence-corrected chi connectivity index (χ4v) is 8.98. The molecular weight excluding hydrogens is 613 g/mol. The summed E-state index contributed by atoms with van der Waals surface area (Å²) in [5, 5.41) is 0. The Morgan fingerprint density at radius 3 is 1.07 bits per heavy atom. The molecular formula is C30H42InN3O6. The topological polar surface area (TPSA) is 93.7 Å². The Morgan fingerprint density at radius 1 is 0.550 bits per heavy atom. The van der Waals surface area contributed by atoms with E-state index < -0.39 is 22.7 Å². The molecule has 0 N–H and O–H groups in total. The van der Waals surface area contributed by atoms with Crippen LogP contribution in [0.1, 0.15) is 76.4 Å². The summed E-state index contributed by atoms with van der Waals surface area (Å²) in [6.45, 7) is 14.0. The van der Waals surface area contributed by atoms with Crippen molar-refractivity contribution >= 4 is 22.7 Å². The monoisotopic (exact) mass is 655 g/mol. The number of aryl methyl sites for hydroxylation is 3. The van der Waals surface area contributed by atoms with Crippen molar-refractivity contribution in [2.24, 2.45) is 0 Å². The van der Waals surface area contributed by atoms with Gasteiger partial charge in [-0.15, -0.1) is 0 Å². The van der Waals surface area contributed by atoms with E-state index in [9.17, 15) is 14.4 Å². The molecule has 0 aliphatic carbocycles. The van der Waals surface area contributed by atoms with Gasteiger partial charge in [0.15, 0.2) is 0 Å². The van der Waals surface area contributed by atoms with E-state index in [-0.39, 0.29) is 33.5 Å². The molecule has 0 fully saturated rings. The molecule has 0 aliphatic rings. The molecule has 0 radical (unpaired) electrons. The van der Waals surface area contributed by atoms with Gasteiger partial charge in [0.25, 0.3) is 0 Å². The third kappa shape index (κ3) is 7.86. The molecule has 0 spiro atoms. The van der Waals surface area contributed by atoms with Crippen LogP contribution in [0, 0.1) is 20.8 Å². The second-order valence-corrected chi connectivity index (χ2v) is 13.7. The molecule has 9 nitrogen and oxygen atoms in total. The van der Waals surface area contributed by atoms with Crippen LogP contribution < -0.4 is 24.8 Å². The minimum atomic E-state index is -4.29. The first-order valence-electron chi connectivity index (χ1n) is 14.3. The van der Waals surface area contributed by atoms with Crippen molar-refractivity contribution in [1.29, 1.82) is 0 Å². The van der Waals surface area contributed by atoms with E-state index in [2.05, 4.69) is 20.8 Å². The van der Waals surface area contributed by atoms with Crippen LogP contribution in [-0.4, -0.2) is 36.4 Å². The molecule has 216 valence electrons. The summed E-state index contributed by atoms with van der Waals surface area (Å²) in [6, 6.07) is 4.41. The van der Waals surface area contributed by atoms with Crippen molar-refractivity contribution in [1.82, 2.24) is 13.7 Å². The number of aromatic nitrogens is 3. The van der Waals surface area contributed by atoms with E-state index in [0.29, 0.717) is 17.1 Å². The molecule has 0 bridgehead atoms. The van der Waals surface area contributed by atoms with Crippen molar-refractivity contribution in [3.8, 4) is 17.2 Å². The molecule has 0 saturated carbocycles. The van der Waals surface area contributed by atoms with Crippen molar-refractivity contribution in [3.05, 3.63) is 84.5 Å². The second-order valence-electron chi connectivity index (χ2n) is 10.1. The zero-order chi connectivity index (χ0) is 29.2. The van der Waals surface area contributed by atoms with E-state index >= 15 is 0 Å². The predicted octanol–water partition coefficient (Wildman–Crippen LogP) is 5.02. The Morgan fingerprint density at radius 2 is 0.825 bits per heavy atom. The summed E-state index contributed by atoms with van der Waals surface area (Å²) in [4.78, 5) is 38.9. The van der Waals surface area contributed by atoms with Gasteiger partial charge in [-0.05, 0) is 0 Å². The summed E-state index contributed by atoms with van der Waals surface area (Å²) in [7, 11) is 0. The van der Waals surface area contributed by atoms with Crippen LogP contribution in [0.2, 0.25) is 0 Å². The number of unbranched alkanes of at least 4 members (excludes halogenated alkanes) is 3. The molecule has 0 unspecified atom stereocenters. The van der Waals surface area contributed by atoms with E-state index in [1.165, 1.54) is 18.2 Å². The molecule has 3 aromatic rings. The van der Waals surface area contributed by atoms with Crippen molar-refractivity contribution in [3.63, 3.8) is 0 Å². The molecule has 3 rings (SSSR count). The molecule has 0 saturated heterocycles. The maximum absolute atomic E-state index is 13.0. The van der Waals surface area contributed by atoms with Gasteiger partial charge in [-0.1, -0.05) is 0 Å². The molecule has 3 heterocycles. The second kappa shape index (κ2) is 15.2. The molecule has 0 aliphatic heterocycles. The van der Waals surface area contributed by atoms with Gasteiger partial charge in [0.1, 0.15) is 0 Å². The summed E-state index contributed by atoms with van der Waals surface area (Å²) >= 11 is -4.29. The van der Waals surface area contributed by atoms with Crippen molar-refractivity contribution in [2.75, 3.05) is 0 Å². The van der Waals surface area contributed by atoms with Gasteiger partial charge in [-0.3, -0.25) is 0 Å². The first-order chi connectivity index (χ1) is 19.2. The number of rotatable bonds is 15. The number of hydrogen-bond donors (Lipinski definition) is 0. The van der Waals surface area contributed by atoms with Crippen LogP contribution in [-0.2, 0) is 19.6 Å². The fraction of sp³-hybridized carbons (Fsp3) is 0.500. The van der Waals surface area contributed by atoms with Gasteiger partial charge in [-0.25, -0.2) is 0 Å². The zero-order valence-corrected chi connectivity index (χ0v) is 28.0. The Balaban J connectivity index is 2.08. The number of pyridine rings is 3. The third-order valence-electron chi connectivity index (χ3n) is 7.07. The number of hydrogen-bond acceptors (Lipinski definition) is 6. The molecule has 0 atom stereocenters. The van der Waals surface area contributed by atoms with Crippen molar-refractivity contribution in [2.45, 2.75) is 99.7 Å². The summed E-state index contributed by atoms with van der Waals surface area (Å²) in [5.74, 6) is 0.414. The Bertz CT molecular complexity index is 1280. The number of nitrogens with zero attached hydrogens (tertiary/aromatic N) is 3. The first kappa shape index (κ1) is 31.6. The standard InChI is InChI=1S/3C10H15NO2.In/c3*1-3-4-6-11-7-5-9(12)10(13)8(11)2;/h3*5,7,13H,3-4,6H2,1-2H3;/q;;;+3/p-3. The van der Waals surface area contributed by atoms with E-state index in [0.717, 1.165) is 58.2 Å². The molecule has 10 heteroatoms. The molecule has 40 heavy (non-hydrogen) atoms. The average Bonchev–Trinajstić information content (AvgIpc) is 2.93. The van der Waals surface area contributed by atoms with Crippen LogP contribution in [0.5, 0.6) is 17.2 Å². The predicted molar refractivity (Wildman–Crippen MR) is 159 cm³/mol. The van der Waals surface area contributed by atoms with E-state index in [1.807, 2.05) is 34.5 Å². The third-order valence-corrected chi connectivity index (χ3v) is 10.7. The Hall–Kier alpha value is -2.88. The van der Waals surface area contributed by atoms with E-state index in [4.69, 9.17) is 8.56 Å². The molecule has 3 aromatic heterocycles.